The van der Waals surface area contributed by atoms with Crippen molar-refractivity contribution in [3.63, 3.8) is 0 Å². The van der Waals surface area contributed by atoms with E-state index in [0.717, 1.165) is 0 Å². The number of fused-ring (bicyclic) bond motifs is 7. The van der Waals surface area contributed by atoms with Gasteiger partial charge in [0.2, 0.25) is 0 Å². The Kier molecular flexibility index (Phi) is 10.5. The molecule has 0 N–H and O–H groups in total. The summed E-state index contributed by atoms with van der Waals surface area (Å²) in [6.07, 6.45) is 2.74. The summed E-state index contributed by atoms with van der Waals surface area (Å²) in [6, 6.07) is 65.5. The minimum absolute atomic E-state index is 0. The van der Waals surface area contributed by atoms with Crippen LogP contribution in [0.4, 0.5) is 0 Å². The van der Waals surface area contributed by atoms with Gasteiger partial charge in [0.1, 0.15) is 0 Å². The molecule has 8 aromatic carbocycles. The monoisotopic (exact) mass is 840 g/mol. The van der Waals surface area contributed by atoms with Crippen LogP contribution in [-0.4, -0.2) is 5.43 Å². The Balaban J connectivity index is 0.00000214. The second-order valence-electron chi connectivity index (χ2n) is 15.0. The maximum absolute atomic E-state index is 2.79. The SMILES string of the molecule is CC1=C[CH]([Zr+2]([CH]2c3cc(C)ccc3-c3ccc(C)cc32)=[Si](c2ccccc2)c2ccccc2)c2cccc(-c3cc4ccccc4c4ccccc34)c21.[Cl-].[Cl-]. The molecule has 0 heterocycles. The van der Waals surface area contributed by atoms with Crippen LogP contribution < -0.4 is 35.2 Å². The van der Waals surface area contributed by atoms with Crippen molar-refractivity contribution in [1.29, 1.82) is 0 Å². The molecule has 1 atom stereocenters. The molecule has 10 rings (SSSR count). The molecule has 0 fully saturated rings. The van der Waals surface area contributed by atoms with Gasteiger partial charge in [0, 0.05) is 0 Å². The molecule has 0 saturated carbocycles. The number of aryl methyl sites for hydroxylation is 2. The Morgan fingerprint density at radius 3 is 1.60 bits per heavy atom. The first-order chi connectivity index (χ1) is 26.0. The van der Waals surface area contributed by atoms with Gasteiger partial charge in [-0.3, -0.25) is 0 Å². The zero-order valence-electron chi connectivity index (χ0n) is 31.2. The normalized spacial score (nSPS) is 13.9. The molecule has 0 amide bonds. The summed E-state index contributed by atoms with van der Waals surface area (Å²) in [4.78, 5) is 0. The predicted octanol–water partition coefficient (Wildman–Crippen LogP) is 5.94. The van der Waals surface area contributed by atoms with Crippen LogP contribution in [0.5, 0.6) is 0 Å². The van der Waals surface area contributed by atoms with Crippen molar-refractivity contribution >= 4 is 42.9 Å². The topological polar surface area (TPSA) is 0 Å². The molecule has 0 radical (unpaired) electrons. The van der Waals surface area contributed by atoms with E-state index in [-0.39, 0.29) is 24.8 Å². The average molecular weight is 843 g/mol. The fourth-order valence-corrected chi connectivity index (χ4v) is 33.4. The van der Waals surface area contributed by atoms with Crippen molar-refractivity contribution in [2.45, 2.75) is 28.0 Å². The molecule has 0 bridgehead atoms. The van der Waals surface area contributed by atoms with Gasteiger partial charge in [-0.1, -0.05) is 0 Å². The van der Waals surface area contributed by atoms with E-state index in [1.165, 1.54) is 66.1 Å². The third-order valence-corrected chi connectivity index (χ3v) is 32.0. The maximum Gasteiger partial charge on any atom is -1.00 e. The summed E-state index contributed by atoms with van der Waals surface area (Å²) in [5.74, 6) is 0. The van der Waals surface area contributed by atoms with Gasteiger partial charge in [0.15, 0.2) is 0 Å². The fraction of sp³-hybridized carbons (Fsp3) is 0.0980. The first kappa shape index (κ1) is 37.6. The van der Waals surface area contributed by atoms with Crippen LogP contribution in [0.15, 0.2) is 176 Å². The molecule has 0 saturated heterocycles. The quantitative estimate of drug-likeness (QED) is 0.149. The molecule has 2 aliphatic carbocycles. The van der Waals surface area contributed by atoms with E-state index < -0.39 is 25.8 Å². The standard InChI is InChI=1S/C24H17.C15H13.C12H10Si.2ClH.Zr/c1-16-13-14-17-8-6-12-22(24(16)17)23-15-18-7-2-3-9-19(18)20-10-4-5-11-21(20)23;1-10-3-5-14-12(7-10)9-13-8-11(2)4-6-15(13)14;1-3-7-11(8-4-1)13-12-9-5-2-6-10-12;;;/h2-15H,1H3;3-9H,1-2H3;1-10H;2*1H;/q;;;;;+2/p-2. The van der Waals surface area contributed by atoms with Gasteiger partial charge in [0.05, 0.1) is 0 Å². The third-order valence-electron chi connectivity index (χ3n) is 11.7. The van der Waals surface area contributed by atoms with Crippen molar-refractivity contribution < 1.29 is 45.2 Å². The molecule has 0 aromatic heterocycles. The van der Waals surface area contributed by atoms with Gasteiger partial charge in [-0.2, -0.15) is 0 Å². The van der Waals surface area contributed by atoms with Gasteiger partial charge in [-0.05, 0) is 0 Å². The number of halogens is 2. The summed E-state index contributed by atoms with van der Waals surface area (Å²) in [5, 5.41) is 8.40. The second kappa shape index (κ2) is 15.3. The summed E-state index contributed by atoms with van der Waals surface area (Å²) in [7, 11) is 0. The average Bonchev–Trinajstić information content (AvgIpc) is 3.70. The van der Waals surface area contributed by atoms with Gasteiger partial charge in [-0.15, -0.1) is 0 Å². The van der Waals surface area contributed by atoms with E-state index in [9.17, 15) is 0 Å². The van der Waals surface area contributed by atoms with Crippen molar-refractivity contribution in [3.8, 4) is 22.3 Å². The Bertz CT molecular complexity index is 2730. The maximum atomic E-state index is 2.74. The molecular formula is C51H40Cl2SiZr. The molecule has 8 aromatic rings. The number of hydrogen-bond donors (Lipinski definition) is 0. The van der Waals surface area contributed by atoms with Crippen LogP contribution in [0, 0.1) is 13.8 Å². The van der Waals surface area contributed by atoms with Crippen LogP contribution in [0.3, 0.4) is 0 Å². The summed E-state index contributed by atoms with van der Waals surface area (Å²) >= 11 is -2.79. The second-order valence-corrected chi connectivity index (χ2v) is 29.2. The number of benzene rings is 8. The summed E-state index contributed by atoms with van der Waals surface area (Å²) in [5.41, 5.74) is 14.8. The predicted molar refractivity (Wildman–Crippen MR) is 224 cm³/mol. The number of allylic oxidation sites excluding steroid dienone is 2. The van der Waals surface area contributed by atoms with Crippen LogP contribution >= 0.6 is 0 Å². The Hall–Kier alpha value is -4.30. The van der Waals surface area contributed by atoms with Crippen molar-refractivity contribution in [2.75, 3.05) is 0 Å². The Labute approximate surface area is 345 Å². The molecular weight excluding hydrogens is 803 g/mol. The van der Waals surface area contributed by atoms with E-state index in [4.69, 9.17) is 0 Å². The van der Waals surface area contributed by atoms with Crippen LogP contribution in [0.1, 0.15) is 47.6 Å². The van der Waals surface area contributed by atoms with Crippen LogP contribution in [0.25, 0.3) is 49.4 Å². The first-order valence-electron chi connectivity index (χ1n) is 18.8. The summed E-state index contributed by atoms with van der Waals surface area (Å²) in [6.45, 7) is 6.96. The van der Waals surface area contributed by atoms with E-state index in [2.05, 4.69) is 197 Å². The largest absolute Gasteiger partial charge is 1.00 e. The van der Waals surface area contributed by atoms with Crippen molar-refractivity contribution in [2.24, 2.45) is 0 Å². The summed E-state index contributed by atoms with van der Waals surface area (Å²) < 4.78 is 0.875. The van der Waals surface area contributed by atoms with Gasteiger partial charge in [-0.25, -0.2) is 0 Å². The van der Waals surface area contributed by atoms with E-state index >= 15 is 0 Å². The molecule has 0 aliphatic heterocycles. The molecule has 0 spiro atoms. The smallest absolute Gasteiger partial charge is 1.00 e. The van der Waals surface area contributed by atoms with Gasteiger partial charge >= 0.3 is 323 Å². The molecule has 1 unspecified atom stereocenters. The van der Waals surface area contributed by atoms with Gasteiger partial charge < -0.3 is 24.8 Å². The fourth-order valence-electron chi connectivity index (χ4n) is 9.48. The zero-order chi connectivity index (χ0) is 35.6. The first-order valence-corrected chi connectivity index (χ1v) is 26.9. The molecule has 2 aliphatic rings. The molecule has 266 valence electrons. The van der Waals surface area contributed by atoms with E-state index in [0.29, 0.717) is 7.25 Å². The Morgan fingerprint density at radius 2 is 0.982 bits per heavy atom. The number of hydrogen-bond acceptors (Lipinski definition) is 0. The minimum Gasteiger partial charge on any atom is -1.00 e. The zero-order valence-corrected chi connectivity index (χ0v) is 36.1. The van der Waals surface area contributed by atoms with E-state index in [1.807, 2.05) is 0 Å². The molecule has 0 nitrogen and oxygen atoms in total. The van der Waals surface area contributed by atoms with Crippen LogP contribution in [-0.2, 0) is 20.4 Å². The molecule has 55 heavy (non-hydrogen) atoms. The van der Waals surface area contributed by atoms with Crippen LogP contribution in [0.2, 0.25) is 0 Å². The number of rotatable bonds is 5. The minimum atomic E-state index is -2.79. The Morgan fingerprint density at radius 1 is 0.436 bits per heavy atom. The van der Waals surface area contributed by atoms with Crippen molar-refractivity contribution in [1.82, 2.24) is 0 Å². The molecule has 4 heteroatoms. The van der Waals surface area contributed by atoms with Crippen molar-refractivity contribution in [3.05, 3.63) is 209 Å². The third kappa shape index (κ3) is 6.33. The van der Waals surface area contributed by atoms with E-state index in [1.54, 1.807) is 27.1 Å². The van der Waals surface area contributed by atoms with Gasteiger partial charge in [0.25, 0.3) is 0 Å².